The van der Waals surface area contributed by atoms with Crippen LogP contribution in [0.1, 0.15) is 341 Å². The summed E-state index contributed by atoms with van der Waals surface area (Å²) in [5.41, 5.74) is 0. The summed E-state index contributed by atoms with van der Waals surface area (Å²) in [5, 5.41) is 23.3. The van der Waals surface area contributed by atoms with Gasteiger partial charge in [-0.3, -0.25) is 9.59 Å². The lowest BCUT2D eigenvalue weighted by molar-refractivity contribution is -0.143. The Balaban J connectivity index is 3.38. The Bertz CT molecular complexity index is 1000. The lowest BCUT2D eigenvalue weighted by Crippen LogP contribution is -2.45. The van der Waals surface area contributed by atoms with Crippen LogP contribution < -0.4 is 5.32 Å². The molecule has 0 saturated heterocycles. The van der Waals surface area contributed by atoms with E-state index < -0.39 is 12.1 Å². The molecule has 6 heteroatoms. The number of carbonyl (C=O) groups excluding carboxylic acids is 2. The van der Waals surface area contributed by atoms with Crippen LogP contribution >= 0.6 is 0 Å². The zero-order valence-electron chi connectivity index (χ0n) is 45.4. The summed E-state index contributed by atoms with van der Waals surface area (Å²) in [4.78, 5) is 24.6. The van der Waals surface area contributed by atoms with E-state index in [1.54, 1.807) is 0 Å². The van der Waals surface area contributed by atoms with Crippen molar-refractivity contribution in [2.24, 2.45) is 0 Å². The first kappa shape index (κ1) is 65.6. The fourth-order valence-electron chi connectivity index (χ4n) is 9.64. The summed E-state index contributed by atoms with van der Waals surface area (Å²) in [6.07, 6.45) is 67.8. The highest BCUT2D eigenvalue weighted by atomic mass is 16.5. The molecule has 398 valence electrons. The van der Waals surface area contributed by atoms with Crippen molar-refractivity contribution in [3.8, 4) is 0 Å². The predicted molar refractivity (Wildman–Crippen MR) is 292 cm³/mol. The van der Waals surface area contributed by atoms with E-state index in [0.29, 0.717) is 25.9 Å². The molecule has 0 aliphatic heterocycles. The number of amides is 1. The molecule has 2 unspecified atom stereocenters. The number of esters is 1. The molecule has 3 N–H and O–H groups in total. The summed E-state index contributed by atoms with van der Waals surface area (Å²) in [7, 11) is 0. The van der Waals surface area contributed by atoms with E-state index in [-0.39, 0.29) is 18.5 Å². The molecule has 0 aromatic carbocycles. The molecule has 0 aromatic heterocycles. The molecule has 0 radical (unpaired) electrons. The molecule has 0 saturated carbocycles. The molecule has 0 aromatic rings. The van der Waals surface area contributed by atoms with Gasteiger partial charge in [-0.1, -0.05) is 289 Å². The van der Waals surface area contributed by atoms with Gasteiger partial charge < -0.3 is 20.3 Å². The molecule has 0 rings (SSSR count). The van der Waals surface area contributed by atoms with Crippen LogP contribution in [0.15, 0.2) is 12.2 Å². The molecule has 67 heavy (non-hydrogen) atoms. The average Bonchev–Trinajstić information content (AvgIpc) is 3.33. The monoisotopic (exact) mass is 946 g/mol. The number of hydrogen-bond acceptors (Lipinski definition) is 5. The Morgan fingerprint density at radius 3 is 1.06 bits per heavy atom. The van der Waals surface area contributed by atoms with Gasteiger partial charge in [0.2, 0.25) is 5.91 Å². The van der Waals surface area contributed by atoms with E-state index in [9.17, 15) is 19.8 Å². The van der Waals surface area contributed by atoms with Crippen molar-refractivity contribution in [2.75, 3.05) is 13.2 Å². The van der Waals surface area contributed by atoms with Gasteiger partial charge in [0.05, 0.1) is 25.4 Å². The number of unbranched alkanes of at least 4 members (excludes halogenated alkanes) is 44. The van der Waals surface area contributed by atoms with E-state index in [0.717, 1.165) is 44.9 Å². The van der Waals surface area contributed by atoms with Crippen LogP contribution in [-0.2, 0) is 14.3 Å². The molecule has 0 heterocycles. The number of ether oxygens (including phenoxy) is 1. The normalized spacial score (nSPS) is 12.6. The van der Waals surface area contributed by atoms with Gasteiger partial charge in [-0.05, 0) is 51.4 Å². The summed E-state index contributed by atoms with van der Waals surface area (Å²) in [6, 6.07) is -0.544. The standard InChI is InChI=1S/C61H119NO5/c1-3-5-7-9-11-13-15-17-19-20-21-24-27-31-35-39-43-47-51-55-61(66)67-56-52-48-44-40-36-32-28-25-22-23-26-30-34-38-42-46-50-54-60(65)62-58(57-63)59(64)53-49-45-41-37-33-29-18-16-14-12-10-8-6-4-2/h17,19,58-59,63-64H,3-16,18,20-57H2,1-2H3,(H,62,65)/b19-17-. The summed E-state index contributed by atoms with van der Waals surface area (Å²) >= 11 is 0. The molecule has 6 nitrogen and oxygen atoms in total. The lowest BCUT2D eigenvalue weighted by atomic mass is 10.0. The van der Waals surface area contributed by atoms with E-state index in [2.05, 4.69) is 31.3 Å². The molecular weight excluding hydrogens is 827 g/mol. The van der Waals surface area contributed by atoms with Crippen molar-refractivity contribution in [1.29, 1.82) is 0 Å². The number of nitrogens with one attached hydrogen (secondary N) is 1. The van der Waals surface area contributed by atoms with Crippen molar-refractivity contribution in [2.45, 2.75) is 353 Å². The third kappa shape index (κ3) is 53.8. The van der Waals surface area contributed by atoms with Crippen LogP contribution in [0.5, 0.6) is 0 Å². The van der Waals surface area contributed by atoms with Gasteiger partial charge in [0.25, 0.3) is 0 Å². The Labute approximate surface area is 419 Å². The van der Waals surface area contributed by atoms with Crippen LogP contribution in [0.2, 0.25) is 0 Å². The number of carbonyl (C=O) groups is 2. The molecular formula is C61H119NO5. The van der Waals surface area contributed by atoms with Gasteiger partial charge in [-0.2, -0.15) is 0 Å². The third-order valence-electron chi connectivity index (χ3n) is 14.3. The number of hydrogen-bond donors (Lipinski definition) is 3. The third-order valence-corrected chi connectivity index (χ3v) is 14.3. The summed E-state index contributed by atoms with van der Waals surface area (Å²) in [5.74, 6) is -0.0326. The zero-order chi connectivity index (χ0) is 48.6. The SMILES string of the molecule is CCCCCCCC/C=C\CCCCCCCCCCCC(=O)OCCCCCCCCCCCCCCCCCCCC(=O)NC(CO)C(O)CCCCCCCCCCCCCCCC. The van der Waals surface area contributed by atoms with Crippen molar-refractivity contribution in [3.05, 3.63) is 12.2 Å². The maximum Gasteiger partial charge on any atom is 0.305 e. The highest BCUT2D eigenvalue weighted by Gasteiger charge is 2.20. The second-order valence-corrected chi connectivity index (χ2v) is 21.0. The first-order valence-corrected chi connectivity index (χ1v) is 30.4. The first-order valence-electron chi connectivity index (χ1n) is 30.4. The van der Waals surface area contributed by atoms with Crippen molar-refractivity contribution in [1.82, 2.24) is 5.32 Å². The molecule has 0 aliphatic carbocycles. The maximum atomic E-state index is 12.5. The van der Waals surface area contributed by atoms with Crippen LogP contribution in [0.4, 0.5) is 0 Å². The molecule has 0 aliphatic rings. The van der Waals surface area contributed by atoms with E-state index in [4.69, 9.17) is 4.74 Å². The second-order valence-electron chi connectivity index (χ2n) is 21.0. The van der Waals surface area contributed by atoms with Gasteiger partial charge in [0.15, 0.2) is 0 Å². The molecule has 0 fully saturated rings. The van der Waals surface area contributed by atoms with Gasteiger partial charge in [0.1, 0.15) is 0 Å². The van der Waals surface area contributed by atoms with Crippen molar-refractivity contribution < 1.29 is 24.5 Å². The number of rotatable bonds is 57. The van der Waals surface area contributed by atoms with Crippen molar-refractivity contribution >= 4 is 11.9 Å². The zero-order valence-corrected chi connectivity index (χ0v) is 45.4. The fourth-order valence-corrected chi connectivity index (χ4v) is 9.64. The van der Waals surface area contributed by atoms with Crippen LogP contribution in [0, 0.1) is 0 Å². The largest absolute Gasteiger partial charge is 0.466 e. The highest BCUT2D eigenvalue weighted by molar-refractivity contribution is 5.76. The van der Waals surface area contributed by atoms with Gasteiger partial charge in [-0.25, -0.2) is 0 Å². The Kier molecular flexibility index (Phi) is 56.0. The Hall–Kier alpha value is -1.40. The van der Waals surface area contributed by atoms with Crippen LogP contribution in [-0.4, -0.2) is 47.4 Å². The predicted octanol–water partition coefficient (Wildman–Crippen LogP) is 18.9. The Morgan fingerprint density at radius 1 is 0.403 bits per heavy atom. The van der Waals surface area contributed by atoms with E-state index in [1.165, 1.54) is 263 Å². The van der Waals surface area contributed by atoms with E-state index in [1.807, 2.05) is 0 Å². The molecule has 1 amide bonds. The number of aliphatic hydroxyl groups is 2. The van der Waals surface area contributed by atoms with Crippen LogP contribution in [0.3, 0.4) is 0 Å². The first-order chi connectivity index (χ1) is 33.0. The minimum absolute atomic E-state index is 0.00573. The quantitative estimate of drug-likeness (QED) is 0.0321. The highest BCUT2D eigenvalue weighted by Crippen LogP contribution is 2.18. The van der Waals surface area contributed by atoms with Crippen molar-refractivity contribution in [3.63, 3.8) is 0 Å². The number of aliphatic hydroxyl groups excluding tert-OH is 2. The van der Waals surface area contributed by atoms with Gasteiger partial charge in [0, 0.05) is 12.8 Å². The smallest absolute Gasteiger partial charge is 0.305 e. The minimum atomic E-state index is -0.667. The molecule has 2 atom stereocenters. The summed E-state index contributed by atoms with van der Waals surface area (Å²) in [6.45, 7) is 4.96. The minimum Gasteiger partial charge on any atom is -0.466 e. The molecule has 0 spiro atoms. The van der Waals surface area contributed by atoms with E-state index >= 15 is 0 Å². The Morgan fingerprint density at radius 2 is 0.701 bits per heavy atom. The topological polar surface area (TPSA) is 95.9 Å². The molecule has 0 bridgehead atoms. The average molecular weight is 947 g/mol. The fraction of sp³-hybridized carbons (Fsp3) is 0.934. The second kappa shape index (κ2) is 57.2. The number of allylic oxidation sites excluding steroid dienone is 2. The maximum absolute atomic E-state index is 12.5. The summed E-state index contributed by atoms with van der Waals surface area (Å²) < 4.78 is 5.50. The van der Waals surface area contributed by atoms with Gasteiger partial charge in [-0.15, -0.1) is 0 Å². The van der Waals surface area contributed by atoms with Crippen LogP contribution in [0.25, 0.3) is 0 Å². The lowest BCUT2D eigenvalue weighted by Gasteiger charge is -2.22. The van der Waals surface area contributed by atoms with Gasteiger partial charge >= 0.3 is 5.97 Å².